The smallest absolute Gasteiger partial charge is 0.243 e. The van der Waals surface area contributed by atoms with E-state index in [1.165, 1.54) is 5.01 Å². The molecule has 134 valence electrons. The molecule has 0 unspecified atom stereocenters. The van der Waals surface area contributed by atoms with Crippen LogP contribution in [0.1, 0.15) is 24.0 Å². The average molecular weight is 352 g/mol. The largest absolute Gasteiger partial charge is 0.497 e. The number of ether oxygens (including phenoxy) is 1. The zero-order valence-electron chi connectivity index (χ0n) is 14.5. The quantitative estimate of drug-likeness (QED) is 0.858. The lowest BCUT2D eigenvalue weighted by Gasteiger charge is -2.23. The highest BCUT2D eigenvalue weighted by Crippen LogP contribution is 2.18. The second kappa shape index (κ2) is 8.24. The summed E-state index contributed by atoms with van der Waals surface area (Å²) in [6, 6.07) is 11.2. The molecule has 1 aromatic carbocycles. The van der Waals surface area contributed by atoms with Crippen LogP contribution in [0.4, 0.5) is 0 Å². The average Bonchev–Trinajstić information content (AvgIpc) is 2.69. The third-order valence-electron chi connectivity index (χ3n) is 4.03. The first kappa shape index (κ1) is 17.6. The molecule has 0 saturated heterocycles. The topological polar surface area (TPSA) is 83.9 Å². The van der Waals surface area contributed by atoms with E-state index in [2.05, 4.69) is 15.4 Å². The number of methoxy groups -OCH3 is 1. The summed E-state index contributed by atoms with van der Waals surface area (Å²) in [7, 11) is 1.61. The van der Waals surface area contributed by atoms with Crippen molar-refractivity contribution >= 4 is 17.5 Å². The lowest BCUT2D eigenvalue weighted by atomic mass is 10.0. The molecule has 0 spiro atoms. The van der Waals surface area contributed by atoms with Gasteiger partial charge in [0.15, 0.2) is 0 Å². The third kappa shape index (κ3) is 4.44. The molecule has 0 atom stereocenters. The van der Waals surface area contributed by atoms with Gasteiger partial charge in [-0.2, -0.15) is 5.10 Å². The summed E-state index contributed by atoms with van der Waals surface area (Å²) in [5.74, 6) is 0.341. The maximum atomic E-state index is 12.1. The Kier molecular flexibility index (Phi) is 5.58. The van der Waals surface area contributed by atoms with Gasteiger partial charge in [0, 0.05) is 31.8 Å². The third-order valence-corrected chi connectivity index (χ3v) is 4.03. The predicted molar refractivity (Wildman–Crippen MR) is 96.6 cm³/mol. The Morgan fingerprint density at radius 2 is 2.04 bits per heavy atom. The van der Waals surface area contributed by atoms with Crippen molar-refractivity contribution < 1.29 is 14.3 Å². The molecule has 1 aliphatic heterocycles. The number of hydrazone groups is 1. The van der Waals surface area contributed by atoms with Crippen LogP contribution in [0, 0.1) is 0 Å². The molecule has 7 heteroatoms. The number of hydrogen-bond acceptors (Lipinski definition) is 5. The number of nitrogens with zero attached hydrogens (tertiary/aromatic N) is 3. The van der Waals surface area contributed by atoms with Gasteiger partial charge in [-0.3, -0.25) is 14.6 Å². The van der Waals surface area contributed by atoms with Crippen LogP contribution in [-0.2, 0) is 16.1 Å². The van der Waals surface area contributed by atoms with Gasteiger partial charge >= 0.3 is 0 Å². The number of hydrogen-bond donors (Lipinski definition) is 1. The van der Waals surface area contributed by atoms with E-state index >= 15 is 0 Å². The Hall–Kier alpha value is -3.22. The van der Waals surface area contributed by atoms with Crippen LogP contribution in [-0.4, -0.2) is 41.2 Å². The van der Waals surface area contributed by atoms with Gasteiger partial charge in [-0.1, -0.05) is 6.07 Å². The molecular weight excluding hydrogens is 332 g/mol. The number of nitrogens with one attached hydrogen (secondary N) is 1. The minimum Gasteiger partial charge on any atom is -0.497 e. The monoisotopic (exact) mass is 352 g/mol. The van der Waals surface area contributed by atoms with E-state index in [4.69, 9.17) is 4.74 Å². The molecule has 2 aromatic rings. The van der Waals surface area contributed by atoms with Gasteiger partial charge in [-0.05, 0) is 41.5 Å². The fraction of sp³-hybridized carbons (Fsp3) is 0.263. The number of carbonyl (C=O) groups is 2. The Labute approximate surface area is 151 Å². The highest BCUT2D eigenvalue weighted by Gasteiger charge is 2.23. The molecule has 26 heavy (non-hydrogen) atoms. The Morgan fingerprint density at radius 3 is 2.73 bits per heavy atom. The highest BCUT2D eigenvalue weighted by atomic mass is 16.5. The molecular formula is C19H20N4O3. The number of carbonyl (C=O) groups excluding carboxylic acids is 2. The maximum absolute atomic E-state index is 12.1. The lowest BCUT2D eigenvalue weighted by Crippen LogP contribution is -2.40. The van der Waals surface area contributed by atoms with Crippen molar-refractivity contribution in [3.8, 4) is 5.75 Å². The van der Waals surface area contributed by atoms with Crippen LogP contribution < -0.4 is 10.1 Å². The molecule has 0 saturated carbocycles. The Bertz CT molecular complexity index is 803. The Balaban J connectivity index is 1.63. The summed E-state index contributed by atoms with van der Waals surface area (Å²) in [5.41, 5.74) is 2.60. The molecule has 1 N–H and O–H groups in total. The molecule has 0 fully saturated rings. The molecule has 1 aliphatic rings. The van der Waals surface area contributed by atoms with Crippen molar-refractivity contribution in [2.24, 2.45) is 5.10 Å². The van der Waals surface area contributed by atoms with E-state index < -0.39 is 0 Å². The normalized spacial score (nSPS) is 14.0. The molecule has 2 amide bonds. The Morgan fingerprint density at radius 1 is 1.23 bits per heavy atom. The highest BCUT2D eigenvalue weighted by molar-refractivity contribution is 6.04. The van der Waals surface area contributed by atoms with E-state index in [-0.39, 0.29) is 18.4 Å². The molecule has 3 rings (SSSR count). The van der Waals surface area contributed by atoms with E-state index in [0.717, 1.165) is 22.6 Å². The summed E-state index contributed by atoms with van der Waals surface area (Å²) in [4.78, 5) is 28.2. The van der Waals surface area contributed by atoms with Crippen molar-refractivity contribution in [2.45, 2.75) is 19.4 Å². The van der Waals surface area contributed by atoms with Crippen LogP contribution in [0.15, 0.2) is 53.9 Å². The summed E-state index contributed by atoms with van der Waals surface area (Å²) in [6.45, 7) is 0.266. The van der Waals surface area contributed by atoms with Crippen molar-refractivity contribution in [2.75, 3.05) is 13.7 Å². The molecule has 0 aliphatic carbocycles. The molecule has 2 heterocycles. The van der Waals surface area contributed by atoms with Gasteiger partial charge in [0.25, 0.3) is 0 Å². The summed E-state index contributed by atoms with van der Waals surface area (Å²) in [6.07, 6.45) is 4.25. The molecule has 1 aromatic heterocycles. The standard InChI is InChI=1S/C19H20N4O3/c1-26-16-6-4-15(5-7-16)17-8-9-19(25)23(22-17)13-18(24)21-12-14-3-2-10-20-11-14/h2-7,10-11H,8-9,12-13H2,1H3,(H,21,24). The number of benzene rings is 1. The fourth-order valence-corrected chi connectivity index (χ4v) is 2.61. The zero-order valence-corrected chi connectivity index (χ0v) is 14.5. The van der Waals surface area contributed by atoms with E-state index in [1.54, 1.807) is 25.6 Å². The SMILES string of the molecule is COc1ccc(C2=NN(CC(=O)NCc3cccnc3)C(=O)CC2)cc1. The first-order valence-corrected chi connectivity index (χ1v) is 8.33. The van der Waals surface area contributed by atoms with Crippen molar-refractivity contribution in [1.82, 2.24) is 15.3 Å². The van der Waals surface area contributed by atoms with Crippen LogP contribution in [0.5, 0.6) is 5.75 Å². The maximum Gasteiger partial charge on any atom is 0.243 e. The van der Waals surface area contributed by atoms with Crippen molar-refractivity contribution in [1.29, 1.82) is 0 Å². The van der Waals surface area contributed by atoms with Crippen LogP contribution in [0.2, 0.25) is 0 Å². The van der Waals surface area contributed by atoms with Gasteiger partial charge < -0.3 is 10.1 Å². The van der Waals surface area contributed by atoms with Crippen molar-refractivity contribution in [3.63, 3.8) is 0 Å². The van der Waals surface area contributed by atoms with Gasteiger partial charge in [0.05, 0.1) is 12.8 Å². The van der Waals surface area contributed by atoms with Gasteiger partial charge in [-0.25, -0.2) is 5.01 Å². The first-order valence-electron chi connectivity index (χ1n) is 8.33. The predicted octanol–water partition coefficient (Wildman–Crippen LogP) is 1.73. The van der Waals surface area contributed by atoms with Gasteiger partial charge in [-0.15, -0.1) is 0 Å². The fourth-order valence-electron chi connectivity index (χ4n) is 2.61. The second-order valence-electron chi connectivity index (χ2n) is 5.86. The summed E-state index contributed by atoms with van der Waals surface area (Å²) >= 11 is 0. The van der Waals surface area contributed by atoms with Crippen molar-refractivity contribution in [3.05, 3.63) is 59.9 Å². The van der Waals surface area contributed by atoms with E-state index in [9.17, 15) is 9.59 Å². The summed E-state index contributed by atoms with van der Waals surface area (Å²) < 4.78 is 5.15. The number of pyridine rings is 1. The molecule has 0 radical (unpaired) electrons. The van der Waals surface area contributed by atoms with Gasteiger partial charge in [0.1, 0.15) is 12.3 Å². The van der Waals surface area contributed by atoms with Crippen LogP contribution in [0.25, 0.3) is 0 Å². The molecule has 0 bridgehead atoms. The van der Waals surface area contributed by atoms with E-state index in [0.29, 0.717) is 19.4 Å². The number of aromatic nitrogens is 1. The van der Waals surface area contributed by atoms with Crippen LogP contribution >= 0.6 is 0 Å². The van der Waals surface area contributed by atoms with Crippen LogP contribution in [0.3, 0.4) is 0 Å². The summed E-state index contributed by atoms with van der Waals surface area (Å²) in [5, 5.41) is 8.39. The number of amides is 2. The van der Waals surface area contributed by atoms with E-state index in [1.807, 2.05) is 30.3 Å². The minimum absolute atomic E-state index is 0.0985. The number of rotatable bonds is 6. The lowest BCUT2D eigenvalue weighted by molar-refractivity contribution is -0.136. The second-order valence-corrected chi connectivity index (χ2v) is 5.86. The molecule has 7 nitrogen and oxygen atoms in total. The first-order chi connectivity index (χ1) is 12.7. The van der Waals surface area contributed by atoms with Gasteiger partial charge in [0.2, 0.25) is 11.8 Å². The minimum atomic E-state index is -0.262. The zero-order chi connectivity index (χ0) is 18.4.